The number of nitrogens with zero attached hydrogens (tertiary/aromatic N) is 2. The normalized spacial score (nSPS) is 16.9. The summed E-state index contributed by atoms with van der Waals surface area (Å²) in [5.41, 5.74) is 1.15. The lowest BCUT2D eigenvalue weighted by Crippen LogP contribution is -2.50. The Hall–Kier alpha value is -1.86. The van der Waals surface area contributed by atoms with E-state index in [1.54, 1.807) is 24.3 Å². The first-order chi connectivity index (χ1) is 9.57. The Bertz CT molecular complexity index is 525. The lowest BCUT2D eigenvalue weighted by molar-refractivity contribution is 0.0900. The highest BCUT2D eigenvalue weighted by molar-refractivity contribution is 5.94. The Labute approximate surface area is 120 Å². The minimum atomic E-state index is -0.102. The lowest BCUT2D eigenvalue weighted by Gasteiger charge is -2.36. The van der Waals surface area contributed by atoms with Gasteiger partial charge in [-0.25, -0.2) is 0 Å². The fourth-order valence-electron chi connectivity index (χ4n) is 2.89. The smallest absolute Gasteiger partial charge is 0.251 e. The molecule has 1 fully saturated rings. The zero-order valence-electron chi connectivity index (χ0n) is 12.1. The van der Waals surface area contributed by atoms with Crippen molar-refractivity contribution in [3.05, 3.63) is 35.4 Å². The SMILES string of the molecule is CN(C)C1(CNC(=O)c2cccc(C#N)c2)CCCC1. The van der Waals surface area contributed by atoms with Crippen LogP contribution in [0.25, 0.3) is 0 Å². The van der Waals surface area contributed by atoms with Gasteiger partial charge in [-0.2, -0.15) is 5.26 Å². The third kappa shape index (κ3) is 3.00. The van der Waals surface area contributed by atoms with Crippen molar-refractivity contribution in [3.8, 4) is 6.07 Å². The van der Waals surface area contributed by atoms with Gasteiger partial charge in [0.15, 0.2) is 0 Å². The Morgan fingerprint density at radius 3 is 2.70 bits per heavy atom. The second-order valence-corrected chi connectivity index (χ2v) is 5.70. The number of carbonyl (C=O) groups excluding carboxylic acids is 1. The number of hydrogen-bond donors (Lipinski definition) is 1. The third-order valence-electron chi connectivity index (χ3n) is 4.31. The van der Waals surface area contributed by atoms with Crippen molar-refractivity contribution in [2.24, 2.45) is 0 Å². The van der Waals surface area contributed by atoms with E-state index in [0.717, 1.165) is 12.8 Å². The molecule has 106 valence electrons. The van der Waals surface area contributed by atoms with E-state index in [-0.39, 0.29) is 11.4 Å². The lowest BCUT2D eigenvalue weighted by atomic mass is 9.96. The number of benzene rings is 1. The average Bonchev–Trinajstić information content (AvgIpc) is 2.95. The molecule has 0 unspecified atom stereocenters. The average molecular weight is 271 g/mol. The van der Waals surface area contributed by atoms with Crippen LogP contribution in [0.3, 0.4) is 0 Å². The number of carbonyl (C=O) groups is 1. The molecule has 1 aromatic rings. The zero-order valence-corrected chi connectivity index (χ0v) is 12.1. The number of rotatable bonds is 4. The van der Waals surface area contributed by atoms with Crippen molar-refractivity contribution in [2.75, 3.05) is 20.6 Å². The molecule has 1 saturated carbocycles. The van der Waals surface area contributed by atoms with Crippen LogP contribution in [0.2, 0.25) is 0 Å². The van der Waals surface area contributed by atoms with E-state index >= 15 is 0 Å². The van der Waals surface area contributed by atoms with Crippen LogP contribution < -0.4 is 5.32 Å². The van der Waals surface area contributed by atoms with E-state index in [1.807, 2.05) is 0 Å². The highest BCUT2D eigenvalue weighted by Gasteiger charge is 2.36. The molecule has 1 amide bonds. The van der Waals surface area contributed by atoms with E-state index in [2.05, 4.69) is 30.4 Å². The molecular formula is C16H21N3O. The maximum absolute atomic E-state index is 12.2. The summed E-state index contributed by atoms with van der Waals surface area (Å²) < 4.78 is 0. The van der Waals surface area contributed by atoms with Crippen LogP contribution in [-0.4, -0.2) is 37.0 Å². The topological polar surface area (TPSA) is 56.1 Å². The first-order valence-electron chi connectivity index (χ1n) is 7.03. The van der Waals surface area contributed by atoms with Gasteiger partial charge in [-0.15, -0.1) is 0 Å². The molecule has 4 heteroatoms. The summed E-state index contributed by atoms with van der Waals surface area (Å²) in [6, 6.07) is 8.88. The van der Waals surface area contributed by atoms with Gasteiger partial charge in [0, 0.05) is 17.6 Å². The second kappa shape index (κ2) is 6.06. The summed E-state index contributed by atoms with van der Waals surface area (Å²) in [6.45, 7) is 0.662. The van der Waals surface area contributed by atoms with Crippen molar-refractivity contribution >= 4 is 5.91 Å². The molecule has 1 aromatic carbocycles. The molecular weight excluding hydrogens is 250 g/mol. The minimum absolute atomic E-state index is 0.0858. The highest BCUT2D eigenvalue weighted by Crippen LogP contribution is 2.33. The highest BCUT2D eigenvalue weighted by atomic mass is 16.1. The van der Waals surface area contributed by atoms with Crippen molar-refractivity contribution in [1.29, 1.82) is 5.26 Å². The number of hydrogen-bond acceptors (Lipinski definition) is 3. The molecule has 0 atom stereocenters. The Balaban J connectivity index is 2.03. The zero-order chi connectivity index (χ0) is 14.6. The molecule has 0 aliphatic heterocycles. The fraction of sp³-hybridized carbons (Fsp3) is 0.500. The number of nitrogens with one attached hydrogen (secondary N) is 1. The maximum Gasteiger partial charge on any atom is 0.251 e. The van der Waals surface area contributed by atoms with Gasteiger partial charge in [-0.1, -0.05) is 18.9 Å². The molecule has 2 rings (SSSR count). The second-order valence-electron chi connectivity index (χ2n) is 5.70. The maximum atomic E-state index is 12.2. The van der Waals surface area contributed by atoms with Crippen molar-refractivity contribution in [1.82, 2.24) is 10.2 Å². The quantitative estimate of drug-likeness (QED) is 0.913. The van der Waals surface area contributed by atoms with Crippen molar-refractivity contribution in [3.63, 3.8) is 0 Å². The molecule has 4 nitrogen and oxygen atoms in total. The molecule has 1 aliphatic carbocycles. The van der Waals surface area contributed by atoms with Crippen LogP contribution in [0.15, 0.2) is 24.3 Å². The van der Waals surface area contributed by atoms with E-state index in [9.17, 15) is 4.79 Å². The van der Waals surface area contributed by atoms with E-state index in [1.165, 1.54) is 12.8 Å². The fourth-order valence-corrected chi connectivity index (χ4v) is 2.89. The third-order valence-corrected chi connectivity index (χ3v) is 4.31. The standard InChI is InChI=1S/C16H21N3O/c1-19(2)16(8-3-4-9-16)12-18-15(20)14-7-5-6-13(10-14)11-17/h5-7,10H,3-4,8-9,12H2,1-2H3,(H,18,20). The molecule has 0 radical (unpaired) electrons. The Kier molecular flexibility index (Phi) is 4.41. The summed E-state index contributed by atoms with van der Waals surface area (Å²) in [5.74, 6) is -0.102. The summed E-state index contributed by atoms with van der Waals surface area (Å²) in [7, 11) is 4.15. The predicted octanol–water partition coefficient (Wildman–Crippen LogP) is 2.16. The van der Waals surface area contributed by atoms with Gasteiger partial charge in [0.05, 0.1) is 11.6 Å². The molecule has 1 N–H and O–H groups in total. The first kappa shape index (κ1) is 14.5. The van der Waals surface area contributed by atoms with Crippen molar-refractivity contribution in [2.45, 2.75) is 31.2 Å². The Morgan fingerprint density at radius 2 is 2.10 bits per heavy atom. The van der Waals surface area contributed by atoms with Crippen molar-refractivity contribution < 1.29 is 4.79 Å². The van der Waals surface area contributed by atoms with Crippen LogP contribution in [0.1, 0.15) is 41.6 Å². The van der Waals surface area contributed by atoms with Crippen LogP contribution in [0.5, 0.6) is 0 Å². The molecule has 0 bridgehead atoms. The molecule has 0 saturated heterocycles. The summed E-state index contributed by atoms with van der Waals surface area (Å²) >= 11 is 0. The van der Waals surface area contributed by atoms with Gasteiger partial charge in [0.1, 0.15) is 0 Å². The molecule has 0 aromatic heterocycles. The van der Waals surface area contributed by atoms with Gasteiger partial charge >= 0.3 is 0 Å². The van der Waals surface area contributed by atoms with Crippen LogP contribution in [0.4, 0.5) is 0 Å². The van der Waals surface area contributed by atoms with Gasteiger partial charge in [-0.05, 0) is 45.1 Å². The van der Waals surface area contributed by atoms with Crippen LogP contribution in [-0.2, 0) is 0 Å². The number of amides is 1. The summed E-state index contributed by atoms with van der Waals surface area (Å²) in [5, 5.41) is 11.9. The Morgan fingerprint density at radius 1 is 1.40 bits per heavy atom. The molecule has 1 aliphatic rings. The summed E-state index contributed by atoms with van der Waals surface area (Å²) in [4.78, 5) is 14.4. The first-order valence-corrected chi connectivity index (χ1v) is 7.03. The monoisotopic (exact) mass is 271 g/mol. The molecule has 0 heterocycles. The van der Waals surface area contributed by atoms with Gasteiger partial charge in [0.25, 0.3) is 5.91 Å². The number of nitriles is 1. The molecule has 20 heavy (non-hydrogen) atoms. The number of likely N-dealkylation sites (N-methyl/N-ethyl adjacent to an activating group) is 1. The predicted molar refractivity (Wildman–Crippen MR) is 78.4 cm³/mol. The van der Waals surface area contributed by atoms with Gasteiger partial charge in [0.2, 0.25) is 0 Å². The van der Waals surface area contributed by atoms with Gasteiger partial charge < -0.3 is 10.2 Å². The van der Waals surface area contributed by atoms with Crippen LogP contribution in [0, 0.1) is 11.3 Å². The van der Waals surface area contributed by atoms with E-state index in [4.69, 9.17) is 5.26 Å². The van der Waals surface area contributed by atoms with E-state index in [0.29, 0.717) is 17.7 Å². The molecule has 0 spiro atoms. The van der Waals surface area contributed by atoms with Gasteiger partial charge in [-0.3, -0.25) is 4.79 Å². The van der Waals surface area contributed by atoms with E-state index < -0.39 is 0 Å². The van der Waals surface area contributed by atoms with Crippen LogP contribution >= 0.6 is 0 Å². The summed E-state index contributed by atoms with van der Waals surface area (Å²) in [6.07, 6.45) is 4.69. The minimum Gasteiger partial charge on any atom is -0.350 e. The largest absolute Gasteiger partial charge is 0.350 e.